The maximum atomic E-state index is 10.9. The van der Waals surface area contributed by atoms with Crippen molar-refractivity contribution in [3.8, 4) is 0 Å². The molecule has 0 saturated carbocycles. The van der Waals surface area contributed by atoms with Crippen LogP contribution < -0.4 is 15.6 Å². The Hall–Kier alpha value is -1.76. The Morgan fingerprint density at radius 1 is 1.12 bits per heavy atom. The molecule has 0 aliphatic heterocycles. The van der Waals surface area contributed by atoms with Crippen LogP contribution in [0.5, 0.6) is 0 Å². The molecule has 6 nitrogen and oxygen atoms in total. The molecule has 0 radical (unpaired) electrons. The average Bonchev–Trinajstić information content (AvgIpc) is 2.14. The van der Waals surface area contributed by atoms with Gasteiger partial charge in [-0.1, -0.05) is 0 Å². The van der Waals surface area contributed by atoms with Crippen molar-refractivity contribution in [2.24, 2.45) is 0 Å². The number of carbonyl (C=O) groups excluding carboxylic acids is 1. The molecule has 3 N–H and O–H groups in total. The highest BCUT2D eigenvalue weighted by Crippen LogP contribution is 2.13. The Kier molecular flexibility index (Phi) is 3.73. The third-order valence-electron chi connectivity index (χ3n) is 1.57. The first-order valence-electron chi connectivity index (χ1n) is 4.47. The molecule has 1 aromatic carbocycles. The molecule has 1 rings (SSSR count). The van der Waals surface area contributed by atoms with E-state index in [0.717, 1.165) is 6.26 Å². The lowest BCUT2D eigenvalue weighted by Gasteiger charge is -2.07. The molecule has 0 atom stereocenters. The summed E-state index contributed by atoms with van der Waals surface area (Å²) in [5.41, 5.74) is 6.19. The maximum Gasteiger partial charge on any atom is 0.235 e. The van der Waals surface area contributed by atoms with Crippen molar-refractivity contribution in [2.45, 2.75) is 6.92 Å². The van der Waals surface area contributed by atoms with Crippen LogP contribution in [-0.4, -0.2) is 20.6 Å². The average molecular weight is 243 g/mol. The molecule has 0 spiro atoms. The van der Waals surface area contributed by atoms with Gasteiger partial charge in [-0.25, -0.2) is 8.42 Å². The second-order valence-corrected chi connectivity index (χ2v) is 5.01. The first-order valence-corrected chi connectivity index (χ1v) is 6.36. The molecular weight excluding hydrogens is 230 g/mol. The highest BCUT2D eigenvalue weighted by molar-refractivity contribution is 7.92. The fourth-order valence-electron chi connectivity index (χ4n) is 0.996. The summed E-state index contributed by atoms with van der Waals surface area (Å²) < 4.78 is 24.2. The quantitative estimate of drug-likeness (QED) is 0.673. The van der Waals surface area contributed by atoms with E-state index in [2.05, 4.69) is 15.6 Å². The van der Waals surface area contributed by atoms with Crippen LogP contribution in [0.3, 0.4) is 0 Å². The van der Waals surface area contributed by atoms with Crippen LogP contribution in [-0.2, 0) is 14.8 Å². The zero-order chi connectivity index (χ0) is 12.2. The van der Waals surface area contributed by atoms with Crippen LogP contribution in [0.4, 0.5) is 11.4 Å². The van der Waals surface area contributed by atoms with E-state index in [1.54, 1.807) is 24.3 Å². The number of sulfonamides is 1. The molecular formula is C9H13N3O3S. The van der Waals surface area contributed by atoms with Gasteiger partial charge in [-0.3, -0.25) is 20.4 Å². The second kappa shape index (κ2) is 4.84. The van der Waals surface area contributed by atoms with Crippen molar-refractivity contribution in [1.82, 2.24) is 5.43 Å². The molecule has 0 bridgehead atoms. The van der Waals surface area contributed by atoms with Crippen LogP contribution in [0.25, 0.3) is 0 Å². The largest absolute Gasteiger partial charge is 0.299 e. The topological polar surface area (TPSA) is 87.3 Å². The van der Waals surface area contributed by atoms with Crippen LogP contribution in [0.1, 0.15) is 6.92 Å². The molecule has 0 unspecified atom stereocenters. The van der Waals surface area contributed by atoms with E-state index in [-0.39, 0.29) is 5.91 Å². The third-order valence-corrected chi connectivity index (χ3v) is 2.18. The van der Waals surface area contributed by atoms with Gasteiger partial charge in [-0.2, -0.15) is 0 Å². The minimum Gasteiger partial charge on any atom is -0.299 e. The second-order valence-electron chi connectivity index (χ2n) is 3.26. The van der Waals surface area contributed by atoms with Gasteiger partial charge in [0, 0.05) is 12.6 Å². The van der Waals surface area contributed by atoms with E-state index in [4.69, 9.17) is 0 Å². The van der Waals surface area contributed by atoms with Gasteiger partial charge >= 0.3 is 0 Å². The Balaban J connectivity index is 2.64. The summed E-state index contributed by atoms with van der Waals surface area (Å²) in [6, 6.07) is 6.46. The van der Waals surface area contributed by atoms with E-state index in [1.807, 2.05) is 0 Å². The van der Waals surface area contributed by atoms with Gasteiger partial charge in [-0.15, -0.1) is 0 Å². The monoisotopic (exact) mass is 243 g/mol. The molecule has 0 saturated heterocycles. The molecule has 88 valence electrons. The first kappa shape index (κ1) is 12.3. The fourth-order valence-corrected chi connectivity index (χ4v) is 1.56. The van der Waals surface area contributed by atoms with Gasteiger partial charge < -0.3 is 0 Å². The highest BCUT2D eigenvalue weighted by Gasteiger charge is 2.01. The van der Waals surface area contributed by atoms with Crippen molar-refractivity contribution in [2.75, 3.05) is 16.4 Å². The smallest absolute Gasteiger partial charge is 0.235 e. The molecule has 7 heteroatoms. The number of nitrogens with one attached hydrogen (secondary N) is 3. The Bertz CT molecular complexity index is 467. The number of rotatable bonds is 4. The Morgan fingerprint density at radius 3 is 2.06 bits per heavy atom. The summed E-state index contributed by atoms with van der Waals surface area (Å²) in [5, 5.41) is 0. The lowest BCUT2D eigenvalue weighted by molar-refractivity contribution is -0.118. The van der Waals surface area contributed by atoms with Crippen LogP contribution in [0.2, 0.25) is 0 Å². The van der Waals surface area contributed by atoms with Crippen molar-refractivity contribution in [3.63, 3.8) is 0 Å². The predicted octanol–water partition coefficient (Wildman–Crippen LogP) is 0.521. The third kappa shape index (κ3) is 4.65. The summed E-state index contributed by atoms with van der Waals surface area (Å²) in [6.45, 7) is 1.38. The Labute approximate surface area is 94.1 Å². The van der Waals surface area contributed by atoms with Crippen molar-refractivity contribution in [1.29, 1.82) is 0 Å². The standard InChI is InChI=1S/C9H13N3O3S/c1-7(13)10-11-8-3-5-9(6-4-8)12-16(2,14)15/h3-6,11-12H,1-2H3,(H,10,13). The molecule has 0 fully saturated rings. The minimum absolute atomic E-state index is 0.210. The van der Waals surface area contributed by atoms with E-state index >= 15 is 0 Å². The summed E-state index contributed by atoms with van der Waals surface area (Å²) in [6.07, 6.45) is 1.08. The predicted molar refractivity (Wildman–Crippen MR) is 62.3 cm³/mol. The normalized spacial score (nSPS) is 10.6. The Morgan fingerprint density at radius 2 is 1.62 bits per heavy atom. The number of hydrogen-bond donors (Lipinski definition) is 3. The summed E-state index contributed by atoms with van der Waals surface area (Å²) in [4.78, 5) is 10.6. The van der Waals surface area contributed by atoms with Gasteiger partial charge in [0.05, 0.1) is 11.9 Å². The van der Waals surface area contributed by atoms with E-state index in [1.165, 1.54) is 6.92 Å². The maximum absolute atomic E-state index is 10.9. The van der Waals surface area contributed by atoms with Crippen molar-refractivity contribution < 1.29 is 13.2 Å². The van der Waals surface area contributed by atoms with E-state index in [0.29, 0.717) is 11.4 Å². The van der Waals surface area contributed by atoms with Crippen LogP contribution in [0.15, 0.2) is 24.3 Å². The number of benzene rings is 1. The molecule has 0 aliphatic rings. The molecule has 1 amide bonds. The van der Waals surface area contributed by atoms with E-state index < -0.39 is 10.0 Å². The summed E-state index contributed by atoms with van der Waals surface area (Å²) >= 11 is 0. The van der Waals surface area contributed by atoms with Crippen molar-refractivity contribution in [3.05, 3.63) is 24.3 Å². The molecule has 0 aromatic heterocycles. The number of hydrogen-bond acceptors (Lipinski definition) is 4. The molecule has 16 heavy (non-hydrogen) atoms. The summed E-state index contributed by atoms with van der Waals surface area (Å²) in [5.74, 6) is -0.210. The number of anilines is 2. The minimum atomic E-state index is -3.26. The van der Waals surface area contributed by atoms with Gasteiger partial charge in [0.25, 0.3) is 0 Å². The van der Waals surface area contributed by atoms with Gasteiger partial charge in [0.1, 0.15) is 0 Å². The fraction of sp³-hybridized carbons (Fsp3) is 0.222. The lowest BCUT2D eigenvalue weighted by atomic mass is 10.3. The number of carbonyl (C=O) groups is 1. The SMILES string of the molecule is CC(=O)NNc1ccc(NS(C)(=O)=O)cc1. The zero-order valence-electron chi connectivity index (χ0n) is 8.94. The van der Waals surface area contributed by atoms with Gasteiger partial charge in [0.2, 0.25) is 15.9 Å². The lowest BCUT2D eigenvalue weighted by Crippen LogP contribution is -2.26. The number of hydrazine groups is 1. The highest BCUT2D eigenvalue weighted by atomic mass is 32.2. The molecule has 0 heterocycles. The first-order chi connectivity index (χ1) is 7.37. The van der Waals surface area contributed by atoms with Gasteiger partial charge in [-0.05, 0) is 24.3 Å². The van der Waals surface area contributed by atoms with Crippen molar-refractivity contribution >= 4 is 27.3 Å². The zero-order valence-corrected chi connectivity index (χ0v) is 9.76. The number of amides is 1. The molecule has 0 aliphatic carbocycles. The van der Waals surface area contributed by atoms with Crippen LogP contribution in [0, 0.1) is 0 Å². The molecule has 1 aromatic rings. The van der Waals surface area contributed by atoms with Crippen LogP contribution >= 0.6 is 0 Å². The summed E-state index contributed by atoms with van der Waals surface area (Å²) in [7, 11) is -3.26. The van der Waals surface area contributed by atoms with E-state index in [9.17, 15) is 13.2 Å². The van der Waals surface area contributed by atoms with Gasteiger partial charge in [0.15, 0.2) is 0 Å².